The molecule has 0 aromatic heterocycles. The normalized spacial score (nSPS) is 20.5. The number of likely N-dealkylation sites (tertiary alicyclic amines) is 2. The lowest BCUT2D eigenvalue weighted by Gasteiger charge is -2.33. The molecular formula is C18H23F3N2O. The zero-order chi connectivity index (χ0) is 17.2. The monoisotopic (exact) mass is 340 g/mol. The van der Waals surface area contributed by atoms with E-state index in [0.717, 1.165) is 69.6 Å². The average molecular weight is 340 g/mol. The van der Waals surface area contributed by atoms with Gasteiger partial charge < -0.3 is 4.90 Å². The Morgan fingerprint density at radius 2 is 1.58 bits per heavy atom. The van der Waals surface area contributed by atoms with Crippen molar-refractivity contribution in [2.75, 3.05) is 26.2 Å². The first-order valence-corrected chi connectivity index (χ1v) is 8.61. The SMILES string of the molecule is O=C(C1CCN(Cc2ccc(C(F)(F)F)cc2)CC1)N1CCCC1. The minimum Gasteiger partial charge on any atom is -0.342 e. The Bertz CT molecular complexity index is 557. The van der Waals surface area contributed by atoms with Crippen LogP contribution in [0.4, 0.5) is 13.2 Å². The van der Waals surface area contributed by atoms with Gasteiger partial charge in [0.25, 0.3) is 0 Å². The molecule has 0 bridgehead atoms. The van der Waals surface area contributed by atoms with Crippen molar-refractivity contribution in [2.24, 2.45) is 5.92 Å². The number of benzene rings is 1. The first-order chi connectivity index (χ1) is 11.4. The predicted octanol–water partition coefficient (Wildman–Crippen LogP) is 3.54. The van der Waals surface area contributed by atoms with E-state index in [-0.39, 0.29) is 5.92 Å². The van der Waals surface area contributed by atoms with Gasteiger partial charge in [-0.15, -0.1) is 0 Å². The van der Waals surface area contributed by atoms with Gasteiger partial charge in [0.1, 0.15) is 0 Å². The molecule has 2 aliphatic heterocycles. The maximum atomic E-state index is 12.6. The molecule has 3 rings (SSSR count). The van der Waals surface area contributed by atoms with E-state index in [9.17, 15) is 18.0 Å². The van der Waals surface area contributed by atoms with Crippen molar-refractivity contribution in [1.29, 1.82) is 0 Å². The first kappa shape index (κ1) is 17.3. The van der Waals surface area contributed by atoms with Gasteiger partial charge in [0, 0.05) is 25.6 Å². The van der Waals surface area contributed by atoms with E-state index in [0.29, 0.717) is 12.5 Å². The highest BCUT2D eigenvalue weighted by molar-refractivity contribution is 5.79. The maximum absolute atomic E-state index is 12.6. The van der Waals surface area contributed by atoms with Crippen LogP contribution in [0.5, 0.6) is 0 Å². The highest BCUT2D eigenvalue weighted by Gasteiger charge is 2.31. The largest absolute Gasteiger partial charge is 0.416 e. The van der Waals surface area contributed by atoms with Crippen molar-refractivity contribution < 1.29 is 18.0 Å². The molecule has 1 amide bonds. The molecule has 1 aromatic rings. The predicted molar refractivity (Wildman–Crippen MR) is 85.3 cm³/mol. The standard InChI is InChI=1S/C18H23F3N2O/c19-18(20,21)16-5-3-14(4-6-16)13-22-11-7-15(8-12-22)17(24)23-9-1-2-10-23/h3-6,15H,1-2,7-13H2. The second-order valence-corrected chi connectivity index (χ2v) is 6.78. The third-order valence-electron chi connectivity index (χ3n) is 5.04. The van der Waals surface area contributed by atoms with Crippen LogP contribution in [-0.2, 0) is 17.5 Å². The van der Waals surface area contributed by atoms with Crippen LogP contribution in [0.2, 0.25) is 0 Å². The number of carbonyl (C=O) groups excluding carboxylic acids is 1. The molecule has 2 fully saturated rings. The van der Waals surface area contributed by atoms with Gasteiger partial charge in [-0.1, -0.05) is 12.1 Å². The number of piperidine rings is 1. The minimum absolute atomic E-state index is 0.118. The number of nitrogens with zero attached hydrogens (tertiary/aromatic N) is 2. The van der Waals surface area contributed by atoms with E-state index in [1.54, 1.807) is 12.1 Å². The van der Waals surface area contributed by atoms with Crippen LogP contribution in [0.15, 0.2) is 24.3 Å². The summed E-state index contributed by atoms with van der Waals surface area (Å²) in [5, 5.41) is 0. The topological polar surface area (TPSA) is 23.6 Å². The molecule has 3 nitrogen and oxygen atoms in total. The summed E-state index contributed by atoms with van der Waals surface area (Å²) >= 11 is 0. The highest BCUT2D eigenvalue weighted by Crippen LogP contribution is 2.29. The summed E-state index contributed by atoms with van der Waals surface area (Å²) in [5.74, 6) is 0.411. The molecule has 132 valence electrons. The molecule has 0 unspecified atom stereocenters. The van der Waals surface area contributed by atoms with Gasteiger partial charge in [0.15, 0.2) is 0 Å². The number of hydrogen-bond acceptors (Lipinski definition) is 2. The molecule has 2 heterocycles. The van der Waals surface area contributed by atoms with Gasteiger partial charge in [0.2, 0.25) is 5.91 Å². The summed E-state index contributed by atoms with van der Waals surface area (Å²) < 4.78 is 37.7. The lowest BCUT2D eigenvalue weighted by atomic mass is 9.95. The molecule has 24 heavy (non-hydrogen) atoms. The van der Waals surface area contributed by atoms with Crippen molar-refractivity contribution in [1.82, 2.24) is 9.80 Å². The van der Waals surface area contributed by atoms with E-state index < -0.39 is 11.7 Å². The Balaban J connectivity index is 1.49. The third kappa shape index (κ3) is 4.09. The van der Waals surface area contributed by atoms with Crippen LogP contribution in [0.3, 0.4) is 0 Å². The summed E-state index contributed by atoms with van der Waals surface area (Å²) in [5.41, 5.74) is 0.272. The summed E-state index contributed by atoms with van der Waals surface area (Å²) in [4.78, 5) is 16.6. The van der Waals surface area contributed by atoms with Crippen molar-refractivity contribution in [3.63, 3.8) is 0 Å². The zero-order valence-corrected chi connectivity index (χ0v) is 13.7. The minimum atomic E-state index is -4.28. The molecule has 2 saturated heterocycles. The number of halogens is 3. The van der Waals surface area contributed by atoms with E-state index in [1.807, 2.05) is 4.90 Å². The lowest BCUT2D eigenvalue weighted by Crippen LogP contribution is -2.41. The molecule has 0 N–H and O–H groups in total. The highest BCUT2D eigenvalue weighted by atomic mass is 19.4. The van der Waals surface area contributed by atoms with E-state index in [2.05, 4.69) is 4.90 Å². The van der Waals surface area contributed by atoms with Gasteiger partial charge in [-0.25, -0.2) is 0 Å². The van der Waals surface area contributed by atoms with Gasteiger partial charge in [0.05, 0.1) is 5.56 Å². The molecular weight excluding hydrogens is 317 g/mol. The Hall–Kier alpha value is -1.56. The molecule has 0 atom stereocenters. The number of rotatable bonds is 3. The molecule has 0 saturated carbocycles. The van der Waals surface area contributed by atoms with Gasteiger partial charge in [-0.2, -0.15) is 13.2 Å². The Morgan fingerprint density at radius 3 is 2.12 bits per heavy atom. The Kier molecular flexibility index (Phi) is 5.13. The van der Waals surface area contributed by atoms with E-state index in [1.165, 1.54) is 0 Å². The Morgan fingerprint density at radius 1 is 1.00 bits per heavy atom. The van der Waals surface area contributed by atoms with Gasteiger partial charge in [-0.05, 0) is 56.5 Å². The maximum Gasteiger partial charge on any atom is 0.416 e. The van der Waals surface area contributed by atoms with Crippen molar-refractivity contribution in [3.8, 4) is 0 Å². The number of carbonyl (C=O) groups is 1. The molecule has 0 radical (unpaired) electrons. The lowest BCUT2D eigenvalue weighted by molar-refractivity contribution is -0.137. The average Bonchev–Trinajstić information content (AvgIpc) is 3.09. The fraction of sp³-hybridized carbons (Fsp3) is 0.611. The summed E-state index contributed by atoms with van der Waals surface area (Å²) in [6, 6.07) is 5.37. The van der Waals surface area contributed by atoms with Crippen molar-refractivity contribution >= 4 is 5.91 Å². The van der Waals surface area contributed by atoms with Crippen LogP contribution in [-0.4, -0.2) is 41.9 Å². The summed E-state index contributed by atoms with van der Waals surface area (Å²) in [6.07, 6.45) is -0.379. The number of hydrogen-bond donors (Lipinski definition) is 0. The van der Waals surface area contributed by atoms with E-state index in [4.69, 9.17) is 0 Å². The third-order valence-corrected chi connectivity index (χ3v) is 5.04. The van der Waals surface area contributed by atoms with Crippen LogP contribution in [0.1, 0.15) is 36.8 Å². The quantitative estimate of drug-likeness (QED) is 0.840. The summed E-state index contributed by atoms with van der Waals surface area (Å²) in [7, 11) is 0. The molecule has 2 aliphatic rings. The van der Waals surface area contributed by atoms with Crippen LogP contribution >= 0.6 is 0 Å². The Labute approximate surface area is 140 Å². The van der Waals surface area contributed by atoms with E-state index >= 15 is 0 Å². The van der Waals surface area contributed by atoms with Gasteiger partial charge >= 0.3 is 6.18 Å². The second kappa shape index (κ2) is 7.13. The summed E-state index contributed by atoms with van der Waals surface area (Å²) in [6.45, 7) is 4.08. The van der Waals surface area contributed by atoms with Gasteiger partial charge in [-0.3, -0.25) is 9.69 Å². The second-order valence-electron chi connectivity index (χ2n) is 6.78. The fourth-order valence-electron chi connectivity index (χ4n) is 3.59. The van der Waals surface area contributed by atoms with Crippen molar-refractivity contribution in [3.05, 3.63) is 35.4 Å². The van der Waals surface area contributed by atoms with Crippen LogP contribution < -0.4 is 0 Å². The first-order valence-electron chi connectivity index (χ1n) is 8.61. The fourth-order valence-corrected chi connectivity index (χ4v) is 3.59. The van der Waals surface area contributed by atoms with Crippen molar-refractivity contribution in [2.45, 2.75) is 38.4 Å². The molecule has 0 aliphatic carbocycles. The van der Waals surface area contributed by atoms with Crippen LogP contribution in [0, 0.1) is 5.92 Å². The number of amides is 1. The number of alkyl halides is 3. The molecule has 0 spiro atoms. The molecule has 1 aromatic carbocycles. The zero-order valence-electron chi connectivity index (χ0n) is 13.7. The molecule has 6 heteroatoms. The smallest absolute Gasteiger partial charge is 0.342 e. The van der Waals surface area contributed by atoms with Crippen LogP contribution in [0.25, 0.3) is 0 Å².